The molecule has 1 nitrogen and oxygen atoms in total. The molecule has 2 rings (SSSR count). The molecular weight excluding hydrogens is 380 g/mol. The van der Waals surface area contributed by atoms with E-state index in [2.05, 4.69) is 15.9 Å². The van der Waals surface area contributed by atoms with Gasteiger partial charge in [-0.25, -0.2) is 0 Å². The van der Waals surface area contributed by atoms with Crippen LogP contribution in [-0.4, -0.2) is 24.8 Å². The van der Waals surface area contributed by atoms with Crippen molar-refractivity contribution in [1.29, 1.82) is 0 Å². The predicted molar refractivity (Wildman–Crippen MR) is 70.3 cm³/mol. The van der Waals surface area contributed by atoms with E-state index in [0.717, 1.165) is 10.0 Å². The second-order valence-corrected chi connectivity index (χ2v) is 7.11. The summed E-state index contributed by atoms with van der Waals surface area (Å²) in [5.74, 6) is 0. The van der Waals surface area contributed by atoms with Crippen molar-refractivity contribution in [3.8, 4) is 0 Å². The first-order valence-electron chi connectivity index (χ1n) is 4.78. The zero-order valence-corrected chi connectivity index (χ0v) is 12.3. The molecule has 0 bridgehead atoms. The Morgan fingerprint density at radius 2 is 1.56 bits per heavy atom. The van der Waals surface area contributed by atoms with Crippen LogP contribution in [0.25, 0.3) is 0 Å². The molecule has 0 heterocycles. The minimum absolute atomic E-state index is 0.282. The number of hydrogen-bond acceptors (Lipinski definition) is 1. The Morgan fingerprint density at radius 1 is 0.938 bits per heavy atom. The third kappa shape index (κ3) is 3.18. The third-order valence-electron chi connectivity index (χ3n) is 2.03. The summed E-state index contributed by atoms with van der Waals surface area (Å²) in [6.07, 6.45) is 0. The Balaban J connectivity index is 2.12. The van der Waals surface area contributed by atoms with Crippen molar-refractivity contribution in [3.05, 3.63) is 64.6 Å². The Morgan fingerprint density at radius 3 is 2.19 bits per heavy atom. The molecule has 0 radical (unpaired) electrons. The van der Waals surface area contributed by atoms with Gasteiger partial charge in [0.1, 0.15) is 0 Å². The van der Waals surface area contributed by atoms with E-state index in [0.29, 0.717) is 0 Å². The fourth-order valence-corrected chi connectivity index (χ4v) is 3.68. The topological polar surface area (TPSA) is 17.1 Å². The standard InChI is InChI=1S/C13H9BrOTe/c14-11-8-6-10(7-9-11)13(15)16-12-4-2-1-3-5-12/h1-9H. The van der Waals surface area contributed by atoms with Crippen molar-refractivity contribution in [1.82, 2.24) is 0 Å². The molecule has 0 aromatic heterocycles. The molecule has 0 amide bonds. The van der Waals surface area contributed by atoms with Crippen LogP contribution in [0.3, 0.4) is 0 Å². The van der Waals surface area contributed by atoms with Crippen LogP contribution in [0.4, 0.5) is 0 Å². The van der Waals surface area contributed by atoms with Gasteiger partial charge in [-0.15, -0.1) is 0 Å². The average Bonchev–Trinajstić information content (AvgIpc) is 2.31. The quantitative estimate of drug-likeness (QED) is 0.739. The van der Waals surface area contributed by atoms with Gasteiger partial charge in [0.25, 0.3) is 0 Å². The van der Waals surface area contributed by atoms with Crippen LogP contribution < -0.4 is 3.61 Å². The van der Waals surface area contributed by atoms with Crippen LogP contribution in [0.15, 0.2) is 59.1 Å². The zero-order chi connectivity index (χ0) is 11.4. The summed E-state index contributed by atoms with van der Waals surface area (Å²) in [4.78, 5) is 12.0. The normalized spacial score (nSPS) is 10.1. The number of carbonyl (C=O) groups is 1. The molecular formula is C13H9BrOTe. The van der Waals surface area contributed by atoms with Crippen molar-refractivity contribution >= 4 is 44.3 Å². The van der Waals surface area contributed by atoms with E-state index in [9.17, 15) is 4.79 Å². The van der Waals surface area contributed by atoms with Gasteiger partial charge in [0.15, 0.2) is 0 Å². The monoisotopic (exact) mass is 390 g/mol. The van der Waals surface area contributed by atoms with Gasteiger partial charge in [0, 0.05) is 0 Å². The molecule has 0 aliphatic heterocycles. The zero-order valence-electron chi connectivity index (χ0n) is 8.39. The van der Waals surface area contributed by atoms with Crippen LogP contribution in [-0.2, 0) is 0 Å². The molecule has 0 saturated carbocycles. The van der Waals surface area contributed by atoms with Crippen molar-refractivity contribution in [3.63, 3.8) is 0 Å². The molecule has 2 aromatic carbocycles. The molecule has 0 aliphatic carbocycles. The molecule has 0 N–H and O–H groups in total. The number of halogens is 1. The van der Waals surface area contributed by atoms with Crippen molar-refractivity contribution in [2.75, 3.05) is 0 Å². The van der Waals surface area contributed by atoms with Crippen LogP contribution in [0.1, 0.15) is 10.4 Å². The van der Waals surface area contributed by atoms with Crippen molar-refractivity contribution in [2.24, 2.45) is 0 Å². The van der Waals surface area contributed by atoms with E-state index in [1.54, 1.807) is 0 Å². The van der Waals surface area contributed by atoms with Gasteiger partial charge in [-0.1, -0.05) is 0 Å². The van der Waals surface area contributed by atoms with E-state index < -0.39 is 20.9 Å². The molecule has 0 spiro atoms. The third-order valence-corrected chi connectivity index (χ3v) is 5.21. The van der Waals surface area contributed by atoms with Gasteiger partial charge >= 0.3 is 114 Å². The molecule has 0 fully saturated rings. The van der Waals surface area contributed by atoms with Gasteiger partial charge in [0.05, 0.1) is 0 Å². The Hall–Kier alpha value is -0.620. The van der Waals surface area contributed by atoms with E-state index in [-0.39, 0.29) is 3.83 Å². The number of benzene rings is 2. The predicted octanol–water partition coefficient (Wildman–Crippen LogP) is 2.62. The molecule has 0 saturated heterocycles. The molecule has 3 heteroatoms. The summed E-state index contributed by atoms with van der Waals surface area (Å²) in [5.41, 5.74) is 0.814. The number of hydrogen-bond donors (Lipinski definition) is 0. The summed E-state index contributed by atoms with van der Waals surface area (Å²) in [7, 11) is 0. The molecule has 0 unspecified atom stereocenters. The first-order chi connectivity index (χ1) is 7.75. The van der Waals surface area contributed by atoms with E-state index >= 15 is 0 Å². The first kappa shape index (κ1) is 11.9. The fraction of sp³-hybridized carbons (Fsp3) is 0. The first-order valence-corrected chi connectivity index (χ1v) is 7.91. The second-order valence-electron chi connectivity index (χ2n) is 3.21. The number of rotatable bonds is 3. The summed E-state index contributed by atoms with van der Waals surface area (Å²) in [6.45, 7) is 0. The van der Waals surface area contributed by atoms with Crippen molar-refractivity contribution < 1.29 is 4.79 Å². The van der Waals surface area contributed by atoms with Crippen LogP contribution >= 0.6 is 15.9 Å². The molecule has 80 valence electrons. The summed E-state index contributed by atoms with van der Waals surface area (Å²) < 4.78 is 2.47. The SMILES string of the molecule is O=C([Te]c1ccccc1)c1ccc(Br)cc1. The molecule has 0 aliphatic rings. The second kappa shape index (κ2) is 5.63. The van der Waals surface area contributed by atoms with E-state index in [4.69, 9.17) is 0 Å². The van der Waals surface area contributed by atoms with Gasteiger partial charge in [-0.3, -0.25) is 0 Å². The summed E-state index contributed by atoms with van der Waals surface area (Å²) in [5, 5.41) is 0. The average molecular weight is 389 g/mol. The van der Waals surface area contributed by atoms with Crippen molar-refractivity contribution in [2.45, 2.75) is 0 Å². The molecule has 2 aromatic rings. The Labute approximate surface area is 113 Å². The van der Waals surface area contributed by atoms with Crippen LogP contribution in [0, 0.1) is 0 Å². The van der Waals surface area contributed by atoms with E-state index in [1.165, 1.54) is 3.61 Å². The van der Waals surface area contributed by atoms with Crippen LogP contribution in [0.2, 0.25) is 0 Å². The number of carbonyl (C=O) groups excluding carboxylic acids is 1. The van der Waals surface area contributed by atoms with Gasteiger partial charge in [-0.2, -0.15) is 0 Å². The Kier molecular flexibility index (Phi) is 4.17. The van der Waals surface area contributed by atoms with E-state index in [1.807, 2.05) is 54.6 Å². The minimum atomic E-state index is -0.768. The molecule has 0 atom stereocenters. The van der Waals surface area contributed by atoms with Gasteiger partial charge in [-0.05, 0) is 0 Å². The maximum absolute atomic E-state index is 12.0. The summed E-state index contributed by atoms with van der Waals surface area (Å²) >= 11 is 2.59. The van der Waals surface area contributed by atoms with Gasteiger partial charge < -0.3 is 0 Å². The van der Waals surface area contributed by atoms with Gasteiger partial charge in [0.2, 0.25) is 0 Å². The maximum atomic E-state index is 12.0. The summed E-state index contributed by atoms with van der Waals surface area (Å²) in [6, 6.07) is 17.6. The fourth-order valence-electron chi connectivity index (χ4n) is 1.24. The van der Waals surface area contributed by atoms with Crippen LogP contribution in [0.5, 0.6) is 0 Å². The molecule has 16 heavy (non-hydrogen) atoms. The Bertz CT molecular complexity index is 479.